The number of nitrogens with one attached hydrogen (secondary N) is 2. The van der Waals surface area contributed by atoms with E-state index in [0.717, 1.165) is 25.1 Å². The molecule has 2 amide bonds. The molecule has 9 nitrogen and oxygen atoms in total. The SMILES string of the molecule is C=CC(=O)N[C@@H]1CCCN(c2nnc(C(N)=O)c(Nc3ccc(C(C)C)cc3)n2)C1. The number of hydrogen-bond donors (Lipinski definition) is 3. The number of hydrogen-bond acceptors (Lipinski definition) is 7. The van der Waals surface area contributed by atoms with Crippen LogP contribution >= 0.6 is 0 Å². The number of nitrogens with zero attached hydrogens (tertiary/aromatic N) is 4. The first-order valence-corrected chi connectivity index (χ1v) is 9.96. The van der Waals surface area contributed by atoms with E-state index in [1.807, 2.05) is 29.2 Å². The third-order valence-corrected chi connectivity index (χ3v) is 4.99. The fourth-order valence-electron chi connectivity index (χ4n) is 3.33. The van der Waals surface area contributed by atoms with Gasteiger partial charge >= 0.3 is 0 Å². The lowest BCUT2D eigenvalue weighted by Crippen LogP contribution is -2.48. The molecule has 0 unspecified atom stereocenters. The number of amides is 2. The Bertz CT molecular complexity index is 927. The number of carbonyl (C=O) groups is 2. The normalized spacial score (nSPS) is 16.2. The molecule has 30 heavy (non-hydrogen) atoms. The molecule has 1 saturated heterocycles. The van der Waals surface area contributed by atoms with Crippen molar-refractivity contribution in [2.75, 3.05) is 23.3 Å². The van der Waals surface area contributed by atoms with Gasteiger partial charge in [-0.05, 0) is 42.5 Å². The second kappa shape index (κ2) is 9.34. The second-order valence-corrected chi connectivity index (χ2v) is 7.57. The van der Waals surface area contributed by atoms with E-state index in [1.54, 1.807) is 0 Å². The van der Waals surface area contributed by atoms with Crippen molar-refractivity contribution in [3.05, 3.63) is 48.2 Å². The average molecular weight is 409 g/mol. The second-order valence-electron chi connectivity index (χ2n) is 7.57. The first-order valence-electron chi connectivity index (χ1n) is 9.96. The van der Waals surface area contributed by atoms with E-state index < -0.39 is 5.91 Å². The third kappa shape index (κ3) is 5.11. The molecular formula is C21H27N7O2. The summed E-state index contributed by atoms with van der Waals surface area (Å²) >= 11 is 0. The maximum absolute atomic E-state index is 11.8. The maximum atomic E-state index is 11.8. The monoisotopic (exact) mass is 409 g/mol. The van der Waals surface area contributed by atoms with E-state index in [0.29, 0.717) is 18.4 Å². The standard InChI is InChI=1S/C21H27N7O2/c1-4-17(29)23-16-6-5-11-28(12-16)21-25-20(18(19(22)30)26-27-21)24-15-9-7-14(8-10-15)13(2)3/h4,7-10,13,16H,1,5-6,11-12H2,2-3H3,(H2,22,30)(H,23,29)(H,24,25,27)/t16-/m1/s1. The van der Waals surface area contributed by atoms with Crippen molar-refractivity contribution in [1.82, 2.24) is 20.5 Å². The van der Waals surface area contributed by atoms with E-state index in [-0.39, 0.29) is 23.5 Å². The lowest BCUT2D eigenvalue weighted by molar-refractivity contribution is -0.117. The van der Waals surface area contributed by atoms with Crippen LogP contribution in [0.1, 0.15) is 48.7 Å². The number of piperidine rings is 1. The van der Waals surface area contributed by atoms with Crippen molar-refractivity contribution in [3.8, 4) is 0 Å². The molecule has 158 valence electrons. The number of benzene rings is 1. The molecule has 0 bridgehead atoms. The van der Waals surface area contributed by atoms with Crippen LogP contribution in [-0.4, -0.2) is 46.1 Å². The Labute approximate surface area is 175 Å². The number of anilines is 3. The van der Waals surface area contributed by atoms with Crippen LogP contribution in [-0.2, 0) is 4.79 Å². The van der Waals surface area contributed by atoms with E-state index in [4.69, 9.17) is 5.73 Å². The largest absolute Gasteiger partial charge is 0.364 e. The van der Waals surface area contributed by atoms with Crippen LogP contribution in [0.5, 0.6) is 0 Å². The van der Waals surface area contributed by atoms with Crippen molar-refractivity contribution in [1.29, 1.82) is 0 Å². The third-order valence-electron chi connectivity index (χ3n) is 4.99. The fraction of sp³-hybridized carbons (Fsp3) is 0.381. The van der Waals surface area contributed by atoms with Crippen LogP contribution in [0, 0.1) is 0 Å². The number of aromatic nitrogens is 3. The lowest BCUT2D eigenvalue weighted by atomic mass is 10.0. The molecular weight excluding hydrogens is 382 g/mol. The predicted octanol–water partition coefficient (Wildman–Crippen LogP) is 2.11. The lowest BCUT2D eigenvalue weighted by Gasteiger charge is -2.32. The van der Waals surface area contributed by atoms with E-state index in [2.05, 4.69) is 46.2 Å². The fourth-order valence-corrected chi connectivity index (χ4v) is 3.33. The molecule has 2 aromatic rings. The Balaban J connectivity index is 1.82. The summed E-state index contributed by atoms with van der Waals surface area (Å²) in [7, 11) is 0. The number of primary amides is 1. The highest BCUT2D eigenvalue weighted by Crippen LogP contribution is 2.23. The summed E-state index contributed by atoms with van der Waals surface area (Å²) in [6.45, 7) is 8.99. The minimum Gasteiger partial charge on any atom is -0.364 e. The Morgan fingerprint density at radius 3 is 2.63 bits per heavy atom. The number of carbonyl (C=O) groups excluding carboxylic acids is 2. The summed E-state index contributed by atoms with van der Waals surface area (Å²) < 4.78 is 0. The molecule has 1 fully saturated rings. The Morgan fingerprint density at radius 2 is 2.00 bits per heavy atom. The first kappa shape index (κ1) is 21.2. The summed E-state index contributed by atoms with van der Waals surface area (Å²) in [5.41, 5.74) is 7.41. The molecule has 1 aromatic heterocycles. The number of nitrogens with two attached hydrogens (primary N) is 1. The van der Waals surface area contributed by atoms with E-state index in [9.17, 15) is 9.59 Å². The van der Waals surface area contributed by atoms with Gasteiger partial charge in [0.15, 0.2) is 11.5 Å². The Morgan fingerprint density at radius 1 is 1.27 bits per heavy atom. The maximum Gasteiger partial charge on any atom is 0.273 e. The van der Waals surface area contributed by atoms with Gasteiger partial charge in [-0.25, -0.2) is 0 Å². The topological polar surface area (TPSA) is 126 Å². The van der Waals surface area contributed by atoms with Gasteiger partial charge in [-0.2, -0.15) is 4.98 Å². The van der Waals surface area contributed by atoms with Gasteiger partial charge in [0, 0.05) is 24.8 Å². The van der Waals surface area contributed by atoms with Gasteiger partial charge < -0.3 is 21.3 Å². The van der Waals surface area contributed by atoms with Gasteiger partial charge in [0.05, 0.1) is 0 Å². The molecule has 0 saturated carbocycles. The van der Waals surface area contributed by atoms with Crippen molar-refractivity contribution >= 4 is 29.3 Å². The van der Waals surface area contributed by atoms with Gasteiger partial charge in [-0.3, -0.25) is 9.59 Å². The molecule has 0 spiro atoms. The quantitative estimate of drug-likeness (QED) is 0.598. The minimum absolute atomic E-state index is 0.0276. The summed E-state index contributed by atoms with van der Waals surface area (Å²) in [4.78, 5) is 29.9. The van der Waals surface area contributed by atoms with Gasteiger partial charge in [-0.1, -0.05) is 32.6 Å². The summed E-state index contributed by atoms with van der Waals surface area (Å²) in [5, 5.41) is 14.1. The Hall–Kier alpha value is -3.49. The highest BCUT2D eigenvalue weighted by Gasteiger charge is 2.24. The summed E-state index contributed by atoms with van der Waals surface area (Å²) in [5.74, 6) is 0.122. The zero-order valence-corrected chi connectivity index (χ0v) is 17.3. The molecule has 3 rings (SSSR count). The van der Waals surface area contributed by atoms with Gasteiger partial charge in [0.1, 0.15) is 0 Å². The zero-order chi connectivity index (χ0) is 21.7. The van der Waals surface area contributed by atoms with Crippen LogP contribution in [0.25, 0.3) is 0 Å². The average Bonchev–Trinajstić information content (AvgIpc) is 2.74. The van der Waals surface area contributed by atoms with Gasteiger partial charge in [0.25, 0.3) is 5.91 Å². The molecule has 1 aliphatic heterocycles. The molecule has 4 N–H and O–H groups in total. The van der Waals surface area contributed by atoms with Crippen LogP contribution in [0.2, 0.25) is 0 Å². The molecule has 1 atom stereocenters. The first-order chi connectivity index (χ1) is 14.4. The molecule has 1 aliphatic rings. The van der Waals surface area contributed by atoms with E-state index in [1.165, 1.54) is 11.6 Å². The molecule has 9 heteroatoms. The molecule has 0 aliphatic carbocycles. The van der Waals surface area contributed by atoms with Gasteiger partial charge in [-0.15, -0.1) is 10.2 Å². The summed E-state index contributed by atoms with van der Waals surface area (Å²) in [6, 6.07) is 7.84. The minimum atomic E-state index is -0.711. The van der Waals surface area contributed by atoms with Crippen LogP contribution in [0.4, 0.5) is 17.5 Å². The van der Waals surface area contributed by atoms with Crippen molar-refractivity contribution in [2.24, 2.45) is 5.73 Å². The van der Waals surface area contributed by atoms with E-state index >= 15 is 0 Å². The van der Waals surface area contributed by atoms with Crippen molar-refractivity contribution in [2.45, 2.75) is 38.6 Å². The molecule has 1 aromatic carbocycles. The number of rotatable bonds is 7. The molecule has 0 radical (unpaired) electrons. The summed E-state index contributed by atoms with van der Waals surface area (Å²) in [6.07, 6.45) is 2.98. The van der Waals surface area contributed by atoms with Crippen LogP contribution in [0.3, 0.4) is 0 Å². The van der Waals surface area contributed by atoms with Crippen LogP contribution < -0.4 is 21.3 Å². The Kier molecular flexibility index (Phi) is 6.61. The van der Waals surface area contributed by atoms with Crippen molar-refractivity contribution in [3.63, 3.8) is 0 Å². The highest BCUT2D eigenvalue weighted by atomic mass is 16.2. The van der Waals surface area contributed by atoms with Gasteiger partial charge in [0.2, 0.25) is 11.9 Å². The van der Waals surface area contributed by atoms with Crippen LogP contribution in [0.15, 0.2) is 36.9 Å². The zero-order valence-electron chi connectivity index (χ0n) is 17.3. The highest BCUT2D eigenvalue weighted by molar-refractivity contribution is 5.96. The van der Waals surface area contributed by atoms with Crippen molar-refractivity contribution < 1.29 is 9.59 Å². The smallest absolute Gasteiger partial charge is 0.273 e. The molecule has 2 heterocycles. The predicted molar refractivity (Wildman–Crippen MR) is 116 cm³/mol.